The van der Waals surface area contributed by atoms with Crippen molar-refractivity contribution in [2.24, 2.45) is 0 Å². The molecule has 0 spiro atoms. The molecule has 1 aliphatic rings. The quantitative estimate of drug-likeness (QED) is 0.798. The summed E-state index contributed by atoms with van der Waals surface area (Å²) in [6, 6.07) is 8.40. The summed E-state index contributed by atoms with van der Waals surface area (Å²) in [6.07, 6.45) is 4.18. The van der Waals surface area contributed by atoms with E-state index in [9.17, 15) is 9.18 Å². The Morgan fingerprint density at radius 3 is 3.00 bits per heavy atom. The van der Waals surface area contributed by atoms with Crippen molar-refractivity contribution in [3.63, 3.8) is 0 Å². The maximum Gasteiger partial charge on any atom is 0.223 e. The van der Waals surface area contributed by atoms with Crippen LogP contribution in [0.15, 0.2) is 36.7 Å². The highest BCUT2D eigenvalue weighted by Crippen LogP contribution is 2.14. The van der Waals surface area contributed by atoms with E-state index in [4.69, 9.17) is 4.74 Å². The monoisotopic (exact) mass is 357 g/mol. The third kappa shape index (κ3) is 5.33. The minimum atomic E-state index is -0.263. The number of halogens is 1. The Hall–Kier alpha value is -2.34. The van der Waals surface area contributed by atoms with E-state index in [0.717, 1.165) is 29.8 Å². The molecule has 1 atom stereocenters. The van der Waals surface area contributed by atoms with Gasteiger partial charge in [0.25, 0.3) is 0 Å². The average Bonchev–Trinajstić information content (AvgIpc) is 2.65. The fourth-order valence-electron chi connectivity index (χ4n) is 3.18. The number of morpholine rings is 1. The van der Waals surface area contributed by atoms with Gasteiger partial charge in [0, 0.05) is 30.9 Å². The Morgan fingerprint density at radius 1 is 1.31 bits per heavy atom. The molecule has 138 valence electrons. The van der Waals surface area contributed by atoms with Crippen LogP contribution in [0.3, 0.4) is 0 Å². The number of aryl methyl sites for hydroxylation is 3. The highest BCUT2D eigenvalue weighted by Gasteiger charge is 2.24. The smallest absolute Gasteiger partial charge is 0.223 e. The third-order valence-electron chi connectivity index (χ3n) is 4.59. The van der Waals surface area contributed by atoms with E-state index in [2.05, 4.69) is 9.97 Å². The number of hydrogen-bond acceptors (Lipinski definition) is 4. The molecule has 26 heavy (non-hydrogen) atoms. The zero-order valence-electron chi connectivity index (χ0n) is 15.0. The molecule has 2 aromatic rings. The molecular weight excluding hydrogens is 333 g/mol. The molecule has 0 radical (unpaired) electrons. The Kier molecular flexibility index (Phi) is 6.28. The Balaban J connectivity index is 1.47. The number of benzene rings is 1. The minimum absolute atomic E-state index is 0.0251. The number of amides is 1. The lowest BCUT2D eigenvalue weighted by Gasteiger charge is -2.33. The Bertz CT molecular complexity index is 753. The van der Waals surface area contributed by atoms with Crippen molar-refractivity contribution in [3.05, 3.63) is 59.4 Å². The van der Waals surface area contributed by atoms with E-state index < -0.39 is 0 Å². The van der Waals surface area contributed by atoms with Crippen molar-refractivity contribution < 1.29 is 13.9 Å². The standard InChI is InChI=1S/C20H24FN3O2/c1-15-11-18(23-14-22-15)6-7-19-13-24(9-10-26-19)20(25)8-5-16-3-2-4-17(21)12-16/h2-4,11-12,14,19H,5-10,13H2,1H3/t19-/m0/s1. The molecule has 1 aliphatic heterocycles. The SMILES string of the molecule is Cc1cc(CC[C@H]2CN(C(=O)CCc3cccc(F)c3)CCO2)ncn1. The van der Waals surface area contributed by atoms with E-state index >= 15 is 0 Å². The minimum Gasteiger partial charge on any atom is -0.375 e. The van der Waals surface area contributed by atoms with Crippen molar-refractivity contribution in [1.29, 1.82) is 0 Å². The van der Waals surface area contributed by atoms with Gasteiger partial charge < -0.3 is 9.64 Å². The van der Waals surface area contributed by atoms with E-state index in [1.807, 2.05) is 24.0 Å². The maximum absolute atomic E-state index is 13.2. The van der Waals surface area contributed by atoms with E-state index in [1.54, 1.807) is 12.4 Å². The lowest BCUT2D eigenvalue weighted by atomic mass is 10.1. The van der Waals surface area contributed by atoms with Gasteiger partial charge in [-0.05, 0) is 49.9 Å². The van der Waals surface area contributed by atoms with Crippen LogP contribution < -0.4 is 0 Å². The molecule has 3 rings (SSSR count). The number of nitrogens with zero attached hydrogens (tertiary/aromatic N) is 3. The number of ether oxygens (including phenoxy) is 1. The summed E-state index contributed by atoms with van der Waals surface area (Å²) < 4.78 is 19.0. The van der Waals surface area contributed by atoms with Crippen LogP contribution in [0.1, 0.15) is 29.8 Å². The first kappa shape index (κ1) is 18.5. The first-order valence-corrected chi connectivity index (χ1v) is 9.01. The highest BCUT2D eigenvalue weighted by molar-refractivity contribution is 5.76. The largest absolute Gasteiger partial charge is 0.375 e. The molecule has 1 aromatic carbocycles. The predicted molar refractivity (Wildman–Crippen MR) is 96.1 cm³/mol. The number of rotatable bonds is 6. The van der Waals surface area contributed by atoms with Crippen LogP contribution in [0.2, 0.25) is 0 Å². The summed E-state index contributed by atoms with van der Waals surface area (Å²) >= 11 is 0. The number of aromatic nitrogens is 2. The molecule has 0 saturated carbocycles. The first-order chi connectivity index (χ1) is 12.6. The maximum atomic E-state index is 13.2. The predicted octanol–water partition coefficient (Wildman–Crippen LogP) is 2.72. The molecule has 1 amide bonds. The molecule has 1 aromatic heterocycles. The van der Waals surface area contributed by atoms with Gasteiger partial charge in [-0.1, -0.05) is 12.1 Å². The van der Waals surface area contributed by atoms with Gasteiger partial charge in [0.1, 0.15) is 12.1 Å². The fraction of sp³-hybridized carbons (Fsp3) is 0.450. The van der Waals surface area contributed by atoms with Crippen LogP contribution >= 0.6 is 0 Å². The van der Waals surface area contributed by atoms with Gasteiger partial charge in [-0.15, -0.1) is 0 Å². The van der Waals surface area contributed by atoms with Crippen LogP contribution in [0.4, 0.5) is 4.39 Å². The fourth-order valence-corrected chi connectivity index (χ4v) is 3.18. The van der Waals surface area contributed by atoms with Crippen LogP contribution in [0.5, 0.6) is 0 Å². The Labute approximate surface area is 153 Å². The van der Waals surface area contributed by atoms with Gasteiger partial charge in [0.15, 0.2) is 0 Å². The lowest BCUT2D eigenvalue weighted by molar-refractivity contribution is -0.138. The molecule has 5 nitrogen and oxygen atoms in total. The first-order valence-electron chi connectivity index (χ1n) is 9.01. The number of carbonyl (C=O) groups excluding carboxylic acids is 1. The third-order valence-corrected chi connectivity index (χ3v) is 4.59. The second-order valence-electron chi connectivity index (χ2n) is 6.65. The van der Waals surface area contributed by atoms with Crippen molar-refractivity contribution in [1.82, 2.24) is 14.9 Å². The average molecular weight is 357 g/mol. The lowest BCUT2D eigenvalue weighted by Crippen LogP contribution is -2.45. The summed E-state index contributed by atoms with van der Waals surface area (Å²) in [7, 11) is 0. The van der Waals surface area contributed by atoms with Gasteiger partial charge in [-0.2, -0.15) is 0 Å². The van der Waals surface area contributed by atoms with Gasteiger partial charge in [-0.25, -0.2) is 14.4 Å². The molecule has 0 aliphatic carbocycles. The van der Waals surface area contributed by atoms with Crippen LogP contribution in [-0.4, -0.2) is 46.6 Å². The van der Waals surface area contributed by atoms with E-state index in [0.29, 0.717) is 32.5 Å². The van der Waals surface area contributed by atoms with Crippen LogP contribution in [0.25, 0.3) is 0 Å². The zero-order valence-corrected chi connectivity index (χ0v) is 15.0. The second-order valence-corrected chi connectivity index (χ2v) is 6.65. The van der Waals surface area contributed by atoms with Crippen molar-refractivity contribution >= 4 is 5.91 Å². The summed E-state index contributed by atoms with van der Waals surface area (Å²) in [5, 5.41) is 0. The Morgan fingerprint density at radius 2 is 2.19 bits per heavy atom. The van der Waals surface area contributed by atoms with Crippen molar-refractivity contribution in [3.8, 4) is 0 Å². The molecule has 6 heteroatoms. The van der Waals surface area contributed by atoms with Gasteiger partial charge in [0.05, 0.1) is 12.7 Å². The zero-order chi connectivity index (χ0) is 18.4. The topological polar surface area (TPSA) is 55.3 Å². The second kappa shape index (κ2) is 8.85. The van der Waals surface area contributed by atoms with Crippen molar-refractivity contribution in [2.75, 3.05) is 19.7 Å². The normalized spacial score (nSPS) is 17.3. The van der Waals surface area contributed by atoms with Gasteiger partial charge in [0.2, 0.25) is 5.91 Å². The summed E-state index contributed by atoms with van der Waals surface area (Å²) in [5.74, 6) is -0.165. The molecule has 0 N–H and O–H groups in total. The molecular formula is C20H24FN3O2. The molecule has 2 heterocycles. The van der Waals surface area contributed by atoms with Crippen LogP contribution in [-0.2, 0) is 22.4 Å². The number of hydrogen-bond donors (Lipinski definition) is 0. The molecule has 0 unspecified atom stereocenters. The van der Waals surface area contributed by atoms with Crippen LogP contribution in [0, 0.1) is 12.7 Å². The summed E-state index contributed by atoms with van der Waals surface area (Å²) in [6.45, 7) is 3.72. The summed E-state index contributed by atoms with van der Waals surface area (Å²) in [4.78, 5) is 22.7. The van der Waals surface area contributed by atoms with Gasteiger partial charge >= 0.3 is 0 Å². The molecule has 0 bridgehead atoms. The number of carbonyl (C=O) groups is 1. The molecule has 1 fully saturated rings. The molecule has 1 saturated heterocycles. The summed E-state index contributed by atoms with van der Waals surface area (Å²) in [5.41, 5.74) is 2.80. The highest BCUT2D eigenvalue weighted by atomic mass is 19.1. The van der Waals surface area contributed by atoms with Gasteiger partial charge in [-0.3, -0.25) is 4.79 Å². The van der Waals surface area contributed by atoms with E-state index in [-0.39, 0.29) is 17.8 Å². The van der Waals surface area contributed by atoms with Crippen molar-refractivity contribution in [2.45, 2.75) is 38.7 Å². The van der Waals surface area contributed by atoms with E-state index in [1.165, 1.54) is 12.1 Å².